The van der Waals surface area contributed by atoms with E-state index in [9.17, 15) is 4.79 Å². The van der Waals surface area contributed by atoms with Crippen molar-refractivity contribution in [2.24, 2.45) is 4.99 Å². The average molecular weight is 405 g/mol. The maximum Gasteiger partial charge on any atom is 0.253 e. The van der Waals surface area contributed by atoms with Gasteiger partial charge < -0.3 is 15.5 Å². The lowest BCUT2D eigenvalue weighted by atomic mass is 9.96. The van der Waals surface area contributed by atoms with Gasteiger partial charge in [-0.3, -0.25) is 9.79 Å². The van der Waals surface area contributed by atoms with Crippen LogP contribution in [0.3, 0.4) is 0 Å². The fourth-order valence-corrected chi connectivity index (χ4v) is 4.21. The van der Waals surface area contributed by atoms with Gasteiger partial charge in [0, 0.05) is 44.2 Å². The lowest BCUT2D eigenvalue weighted by molar-refractivity contribution is 0.0724. The van der Waals surface area contributed by atoms with Gasteiger partial charge in [-0.2, -0.15) is 0 Å². The van der Waals surface area contributed by atoms with Gasteiger partial charge in [0.1, 0.15) is 0 Å². The van der Waals surface area contributed by atoms with Gasteiger partial charge in [-0.15, -0.1) is 0 Å². The Hall–Kier alpha value is -2.82. The Labute approximate surface area is 179 Å². The highest BCUT2D eigenvalue weighted by atomic mass is 16.2. The summed E-state index contributed by atoms with van der Waals surface area (Å²) in [6.45, 7) is 3.33. The summed E-state index contributed by atoms with van der Waals surface area (Å²) in [5, 5.41) is 6.88. The maximum absolute atomic E-state index is 12.6. The molecule has 2 aliphatic rings. The van der Waals surface area contributed by atoms with Gasteiger partial charge in [0.05, 0.1) is 0 Å². The highest BCUT2D eigenvalue weighted by Gasteiger charge is 2.43. The summed E-state index contributed by atoms with van der Waals surface area (Å²) in [5.41, 5.74) is 3.57. The predicted molar refractivity (Wildman–Crippen MR) is 122 cm³/mol. The van der Waals surface area contributed by atoms with Crippen molar-refractivity contribution in [3.8, 4) is 0 Å². The molecule has 1 saturated heterocycles. The minimum atomic E-state index is 0.155. The zero-order valence-corrected chi connectivity index (χ0v) is 17.9. The van der Waals surface area contributed by atoms with Crippen molar-refractivity contribution in [3.05, 3.63) is 71.3 Å². The largest absolute Gasteiger partial charge is 0.356 e. The Morgan fingerprint density at radius 1 is 0.967 bits per heavy atom. The summed E-state index contributed by atoms with van der Waals surface area (Å²) >= 11 is 0. The van der Waals surface area contributed by atoms with Crippen molar-refractivity contribution in [2.75, 3.05) is 26.7 Å². The number of carbonyl (C=O) groups excluding carboxylic acids is 1. The summed E-state index contributed by atoms with van der Waals surface area (Å²) in [7, 11) is 1.80. The van der Waals surface area contributed by atoms with Gasteiger partial charge in [-0.05, 0) is 55.4 Å². The Kier molecular flexibility index (Phi) is 6.36. The van der Waals surface area contributed by atoms with Gasteiger partial charge in [-0.1, -0.05) is 42.5 Å². The van der Waals surface area contributed by atoms with Crippen molar-refractivity contribution in [2.45, 2.75) is 44.1 Å². The number of benzene rings is 2. The van der Waals surface area contributed by atoms with Crippen LogP contribution in [0, 0.1) is 0 Å². The van der Waals surface area contributed by atoms with E-state index >= 15 is 0 Å². The Bertz CT molecular complexity index is 866. The van der Waals surface area contributed by atoms with E-state index in [4.69, 9.17) is 0 Å². The standard InChI is InChI=1S/C25H32N4O/c1-26-24(28-19-25(14-15-25)22-8-4-2-5-9-22)27-18-20-10-12-21(13-11-20)23(30)29-16-6-3-7-17-29/h2,4-5,8-13H,3,6-7,14-19H2,1H3,(H2,26,27,28). The smallest absolute Gasteiger partial charge is 0.253 e. The van der Waals surface area contributed by atoms with Crippen molar-refractivity contribution >= 4 is 11.9 Å². The Morgan fingerprint density at radius 3 is 2.30 bits per heavy atom. The third-order valence-electron chi connectivity index (χ3n) is 6.36. The van der Waals surface area contributed by atoms with Gasteiger partial charge in [0.25, 0.3) is 5.91 Å². The topological polar surface area (TPSA) is 56.7 Å². The molecule has 1 heterocycles. The van der Waals surface area contributed by atoms with E-state index in [1.807, 2.05) is 29.2 Å². The molecule has 2 fully saturated rings. The molecule has 0 aromatic heterocycles. The second-order valence-corrected chi connectivity index (χ2v) is 8.48. The lowest BCUT2D eigenvalue weighted by Gasteiger charge is -2.26. The molecule has 5 heteroatoms. The molecule has 0 radical (unpaired) electrons. The second-order valence-electron chi connectivity index (χ2n) is 8.48. The van der Waals surface area contributed by atoms with E-state index < -0.39 is 0 Å². The van der Waals surface area contributed by atoms with Crippen LogP contribution in [0.4, 0.5) is 0 Å². The molecule has 30 heavy (non-hydrogen) atoms. The molecule has 2 aromatic carbocycles. The van der Waals surface area contributed by atoms with Gasteiger partial charge in [0.15, 0.2) is 5.96 Å². The third kappa shape index (κ3) is 4.84. The van der Waals surface area contributed by atoms with Gasteiger partial charge >= 0.3 is 0 Å². The number of piperidine rings is 1. The quantitative estimate of drug-likeness (QED) is 0.570. The number of amides is 1. The van der Waals surface area contributed by atoms with E-state index in [0.29, 0.717) is 6.54 Å². The SMILES string of the molecule is CN=C(NCc1ccc(C(=O)N2CCCCC2)cc1)NCC1(c2ccccc2)CC1. The highest BCUT2D eigenvalue weighted by molar-refractivity contribution is 5.94. The average Bonchev–Trinajstić information content (AvgIpc) is 3.61. The summed E-state index contributed by atoms with van der Waals surface area (Å²) in [4.78, 5) is 19.0. The molecular weight excluding hydrogens is 372 g/mol. The number of aliphatic imine (C=N–C) groups is 1. The van der Waals surface area contributed by atoms with Crippen LogP contribution in [0.25, 0.3) is 0 Å². The van der Waals surface area contributed by atoms with Crippen LogP contribution in [0.2, 0.25) is 0 Å². The normalized spacial score (nSPS) is 18.0. The van der Waals surface area contributed by atoms with Crippen molar-refractivity contribution in [1.82, 2.24) is 15.5 Å². The molecule has 158 valence electrons. The number of nitrogens with zero attached hydrogens (tertiary/aromatic N) is 2. The zero-order valence-electron chi connectivity index (χ0n) is 17.9. The molecular formula is C25H32N4O. The Morgan fingerprint density at radius 2 is 1.67 bits per heavy atom. The van der Waals surface area contributed by atoms with Gasteiger partial charge in [0.2, 0.25) is 0 Å². The maximum atomic E-state index is 12.6. The van der Waals surface area contributed by atoms with E-state index in [-0.39, 0.29) is 11.3 Å². The van der Waals surface area contributed by atoms with E-state index in [1.165, 1.54) is 24.8 Å². The Balaban J connectivity index is 1.27. The number of hydrogen-bond donors (Lipinski definition) is 2. The summed E-state index contributed by atoms with van der Waals surface area (Å²) in [6, 6.07) is 18.7. The first-order valence-corrected chi connectivity index (χ1v) is 11.1. The molecule has 1 aliphatic carbocycles. The zero-order chi connectivity index (χ0) is 20.8. The molecule has 4 rings (SSSR count). The molecule has 2 N–H and O–H groups in total. The van der Waals surface area contributed by atoms with Crippen LogP contribution >= 0.6 is 0 Å². The first-order valence-electron chi connectivity index (χ1n) is 11.1. The fourth-order valence-electron chi connectivity index (χ4n) is 4.21. The molecule has 0 bridgehead atoms. The van der Waals surface area contributed by atoms with Crippen molar-refractivity contribution < 1.29 is 4.79 Å². The summed E-state index contributed by atoms with van der Waals surface area (Å²) in [6.07, 6.45) is 5.90. The van der Waals surface area contributed by atoms with Crippen LogP contribution in [-0.4, -0.2) is 43.4 Å². The fraction of sp³-hybridized carbons (Fsp3) is 0.440. The number of guanidine groups is 1. The van der Waals surface area contributed by atoms with Crippen molar-refractivity contribution in [1.29, 1.82) is 0 Å². The minimum Gasteiger partial charge on any atom is -0.356 e. The van der Waals surface area contributed by atoms with Crippen LogP contribution in [0.15, 0.2) is 59.6 Å². The van der Waals surface area contributed by atoms with Crippen LogP contribution in [-0.2, 0) is 12.0 Å². The lowest BCUT2D eigenvalue weighted by Crippen LogP contribution is -2.40. The van der Waals surface area contributed by atoms with Gasteiger partial charge in [-0.25, -0.2) is 0 Å². The molecule has 1 aliphatic heterocycles. The monoisotopic (exact) mass is 404 g/mol. The first-order chi connectivity index (χ1) is 14.7. The van der Waals surface area contributed by atoms with Crippen LogP contribution in [0.5, 0.6) is 0 Å². The molecule has 1 saturated carbocycles. The van der Waals surface area contributed by atoms with Crippen LogP contribution in [0.1, 0.15) is 53.6 Å². The third-order valence-corrected chi connectivity index (χ3v) is 6.36. The number of rotatable bonds is 6. The summed E-state index contributed by atoms with van der Waals surface area (Å²) in [5.74, 6) is 0.966. The summed E-state index contributed by atoms with van der Waals surface area (Å²) < 4.78 is 0. The second kappa shape index (κ2) is 9.33. The van der Waals surface area contributed by atoms with Crippen LogP contribution < -0.4 is 10.6 Å². The number of nitrogens with one attached hydrogen (secondary N) is 2. The van der Waals surface area contributed by atoms with E-state index in [2.05, 4.69) is 46.0 Å². The number of carbonyl (C=O) groups is 1. The molecule has 0 unspecified atom stereocenters. The molecule has 0 spiro atoms. The van der Waals surface area contributed by atoms with E-state index in [0.717, 1.165) is 49.6 Å². The molecule has 1 amide bonds. The number of hydrogen-bond acceptors (Lipinski definition) is 2. The molecule has 5 nitrogen and oxygen atoms in total. The van der Waals surface area contributed by atoms with E-state index in [1.54, 1.807) is 7.05 Å². The number of likely N-dealkylation sites (tertiary alicyclic amines) is 1. The molecule has 2 aromatic rings. The van der Waals surface area contributed by atoms with Crippen molar-refractivity contribution in [3.63, 3.8) is 0 Å². The highest BCUT2D eigenvalue weighted by Crippen LogP contribution is 2.47. The predicted octanol–water partition coefficient (Wildman–Crippen LogP) is 3.71. The minimum absolute atomic E-state index is 0.155. The molecule has 0 atom stereocenters. The first kappa shape index (κ1) is 20.5.